The Hall–Kier alpha value is -1.10. The second kappa shape index (κ2) is 6.89. The fourth-order valence-electron chi connectivity index (χ4n) is 2.88. The number of hydrogen-bond donors (Lipinski definition) is 1. The first-order chi connectivity index (χ1) is 9.18. The average molecular weight is 268 g/mol. The zero-order valence-electron chi connectivity index (χ0n) is 11.7. The zero-order valence-corrected chi connectivity index (χ0v) is 11.7. The summed E-state index contributed by atoms with van der Waals surface area (Å²) in [7, 11) is 1.74. The fourth-order valence-corrected chi connectivity index (χ4v) is 2.88. The van der Waals surface area contributed by atoms with Crippen molar-refractivity contribution in [3.8, 4) is 0 Å². The Morgan fingerprint density at radius 2 is 1.89 bits per heavy atom. The summed E-state index contributed by atoms with van der Waals surface area (Å²) < 4.78 is 5.42. The molecule has 1 unspecified atom stereocenters. The molecular formula is C14H24N2O3. The molecule has 19 heavy (non-hydrogen) atoms. The fraction of sp³-hybridized carbons (Fsp3) is 0.857. The highest BCUT2D eigenvalue weighted by atomic mass is 16.5. The highest BCUT2D eigenvalue weighted by molar-refractivity contribution is 6.35. The van der Waals surface area contributed by atoms with E-state index in [0.717, 1.165) is 45.1 Å². The molecule has 0 aromatic heterocycles. The van der Waals surface area contributed by atoms with Crippen LogP contribution >= 0.6 is 0 Å². The Bertz CT molecular complexity index is 321. The second-order valence-electron chi connectivity index (χ2n) is 5.55. The van der Waals surface area contributed by atoms with Gasteiger partial charge >= 0.3 is 11.8 Å². The van der Waals surface area contributed by atoms with Crippen LogP contribution in [0.2, 0.25) is 0 Å². The molecule has 1 atom stereocenters. The lowest BCUT2D eigenvalue weighted by Crippen LogP contribution is -2.47. The first kappa shape index (κ1) is 14.3. The summed E-state index contributed by atoms with van der Waals surface area (Å²) in [6.45, 7) is 1.21. The normalized spacial score (nSPS) is 24.2. The third kappa shape index (κ3) is 3.93. The molecule has 1 aliphatic heterocycles. The van der Waals surface area contributed by atoms with E-state index in [1.165, 1.54) is 6.42 Å². The minimum Gasteiger partial charge on any atom is -0.376 e. The molecule has 0 spiro atoms. The van der Waals surface area contributed by atoms with Crippen LogP contribution < -0.4 is 5.32 Å². The monoisotopic (exact) mass is 268 g/mol. The van der Waals surface area contributed by atoms with Crippen molar-refractivity contribution < 1.29 is 14.3 Å². The minimum atomic E-state index is -0.497. The van der Waals surface area contributed by atoms with E-state index in [4.69, 9.17) is 4.74 Å². The highest BCUT2D eigenvalue weighted by Crippen LogP contribution is 2.21. The number of carbonyl (C=O) groups excluding carboxylic acids is 2. The summed E-state index contributed by atoms with van der Waals surface area (Å²) in [5.41, 5.74) is 0. The molecule has 0 aromatic rings. The summed E-state index contributed by atoms with van der Waals surface area (Å²) >= 11 is 0. The second-order valence-corrected chi connectivity index (χ2v) is 5.55. The van der Waals surface area contributed by atoms with E-state index in [1.807, 2.05) is 0 Å². The average Bonchev–Trinajstić information content (AvgIpc) is 2.97. The molecule has 1 saturated carbocycles. The van der Waals surface area contributed by atoms with Crippen LogP contribution in [0.15, 0.2) is 0 Å². The van der Waals surface area contributed by atoms with Gasteiger partial charge in [-0.3, -0.25) is 9.59 Å². The van der Waals surface area contributed by atoms with Crippen molar-refractivity contribution >= 4 is 11.8 Å². The first-order valence-corrected chi connectivity index (χ1v) is 7.35. The van der Waals surface area contributed by atoms with Gasteiger partial charge in [0.2, 0.25) is 0 Å². The smallest absolute Gasteiger partial charge is 0.311 e. The van der Waals surface area contributed by atoms with Crippen LogP contribution in [0.1, 0.15) is 44.9 Å². The lowest BCUT2D eigenvalue weighted by atomic mass is 9.94. The summed E-state index contributed by atoms with van der Waals surface area (Å²) in [6, 6.07) is 0.231. The number of nitrogens with zero attached hydrogens (tertiary/aromatic N) is 1. The topological polar surface area (TPSA) is 58.6 Å². The number of nitrogens with one attached hydrogen (secondary N) is 1. The van der Waals surface area contributed by atoms with Crippen molar-refractivity contribution in [2.75, 3.05) is 20.2 Å². The number of ether oxygens (including phenoxy) is 1. The van der Waals surface area contributed by atoms with Crippen molar-refractivity contribution in [2.24, 2.45) is 0 Å². The van der Waals surface area contributed by atoms with Crippen molar-refractivity contribution in [2.45, 2.75) is 57.1 Å². The molecule has 2 fully saturated rings. The van der Waals surface area contributed by atoms with Crippen molar-refractivity contribution in [1.29, 1.82) is 0 Å². The quantitative estimate of drug-likeness (QED) is 0.779. The molecule has 1 aliphatic carbocycles. The predicted molar refractivity (Wildman–Crippen MR) is 71.6 cm³/mol. The van der Waals surface area contributed by atoms with Gasteiger partial charge in [0.05, 0.1) is 6.10 Å². The molecular weight excluding hydrogens is 244 g/mol. The van der Waals surface area contributed by atoms with Gasteiger partial charge in [-0.25, -0.2) is 0 Å². The SMILES string of the molecule is CN(C(=O)C(=O)NCC1CCCO1)C1CCCCC1. The van der Waals surface area contributed by atoms with E-state index < -0.39 is 11.8 Å². The Labute approximate surface area is 114 Å². The molecule has 0 aromatic carbocycles. The van der Waals surface area contributed by atoms with E-state index in [1.54, 1.807) is 11.9 Å². The third-order valence-electron chi connectivity index (χ3n) is 4.15. The maximum absolute atomic E-state index is 12.0. The Morgan fingerprint density at radius 3 is 2.53 bits per heavy atom. The third-order valence-corrected chi connectivity index (χ3v) is 4.15. The van der Waals surface area contributed by atoms with Gasteiger partial charge in [-0.05, 0) is 25.7 Å². The Morgan fingerprint density at radius 1 is 1.16 bits per heavy atom. The standard InChI is InChI=1S/C14H24N2O3/c1-16(11-6-3-2-4-7-11)14(18)13(17)15-10-12-8-5-9-19-12/h11-12H,2-10H2,1H3,(H,15,17). The van der Waals surface area contributed by atoms with Crippen molar-refractivity contribution in [1.82, 2.24) is 10.2 Å². The van der Waals surface area contributed by atoms with Gasteiger partial charge in [0.25, 0.3) is 0 Å². The number of likely N-dealkylation sites (N-methyl/N-ethyl adjacent to an activating group) is 1. The lowest BCUT2D eigenvalue weighted by molar-refractivity contribution is -0.147. The van der Waals surface area contributed by atoms with Gasteiger partial charge in [-0.15, -0.1) is 0 Å². The molecule has 2 rings (SSSR count). The summed E-state index contributed by atoms with van der Waals surface area (Å²) in [5.74, 6) is -0.909. The molecule has 2 aliphatic rings. The molecule has 2 amide bonds. The number of hydrogen-bond acceptors (Lipinski definition) is 3. The van der Waals surface area contributed by atoms with Gasteiger partial charge in [-0.2, -0.15) is 0 Å². The molecule has 0 bridgehead atoms. The molecule has 5 nitrogen and oxygen atoms in total. The zero-order chi connectivity index (χ0) is 13.7. The van der Waals surface area contributed by atoms with Crippen molar-refractivity contribution in [3.63, 3.8) is 0 Å². The van der Waals surface area contributed by atoms with E-state index in [-0.39, 0.29) is 12.1 Å². The van der Waals surface area contributed by atoms with E-state index in [0.29, 0.717) is 6.54 Å². The number of amides is 2. The van der Waals surface area contributed by atoms with Crippen LogP contribution in [0, 0.1) is 0 Å². The van der Waals surface area contributed by atoms with Crippen LogP contribution in [-0.4, -0.2) is 49.1 Å². The molecule has 1 N–H and O–H groups in total. The Balaban J connectivity index is 1.75. The van der Waals surface area contributed by atoms with Gasteiger partial charge in [-0.1, -0.05) is 19.3 Å². The molecule has 108 valence electrons. The van der Waals surface area contributed by atoms with Gasteiger partial charge < -0.3 is 15.0 Å². The highest BCUT2D eigenvalue weighted by Gasteiger charge is 2.27. The van der Waals surface area contributed by atoms with E-state index in [9.17, 15) is 9.59 Å². The van der Waals surface area contributed by atoms with Crippen LogP contribution in [-0.2, 0) is 14.3 Å². The summed E-state index contributed by atoms with van der Waals surface area (Å²) in [4.78, 5) is 25.5. The summed E-state index contributed by atoms with van der Waals surface area (Å²) in [5, 5.41) is 2.69. The maximum Gasteiger partial charge on any atom is 0.311 e. The molecule has 0 radical (unpaired) electrons. The largest absolute Gasteiger partial charge is 0.376 e. The van der Waals surface area contributed by atoms with Crippen LogP contribution in [0.3, 0.4) is 0 Å². The Kier molecular flexibility index (Phi) is 5.19. The van der Waals surface area contributed by atoms with Crippen molar-refractivity contribution in [3.05, 3.63) is 0 Å². The number of carbonyl (C=O) groups is 2. The molecule has 1 heterocycles. The van der Waals surface area contributed by atoms with E-state index in [2.05, 4.69) is 5.32 Å². The maximum atomic E-state index is 12.0. The number of rotatable bonds is 3. The lowest BCUT2D eigenvalue weighted by Gasteiger charge is -2.30. The minimum absolute atomic E-state index is 0.0803. The van der Waals surface area contributed by atoms with Gasteiger partial charge in [0, 0.05) is 26.2 Å². The van der Waals surface area contributed by atoms with Crippen LogP contribution in [0.5, 0.6) is 0 Å². The van der Waals surface area contributed by atoms with Gasteiger partial charge in [0.15, 0.2) is 0 Å². The predicted octanol–water partition coefficient (Wildman–Crippen LogP) is 1.07. The first-order valence-electron chi connectivity index (χ1n) is 7.35. The molecule has 5 heteroatoms. The van der Waals surface area contributed by atoms with Crippen LogP contribution in [0.4, 0.5) is 0 Å². The van der Waals surface area contributed by atoms with Gasteiger partial charge in [0.1, 0.15) is 0 Å². The summed E-state index contributed by atoms with van der Waals surface area (Å²) in [6.07, 6.45) is 7.66. The molecule has 1 saturated heterocycles. The van der Waals surface area contributed by atoms with E-state index >= 15 is 0 Å². The van der Waals surface area contributed by atoms with Crippen LogP contribution in [0.25, 0.3) is 0 Å².